The van der Waals surface area contributed by atoms with E-state index in [0.29, 0.717) is 5.56 Å². The molecule has 0 fully saturated rings. The number of hydrogen-bond acceptors (Lipinski definition) is 7. The molecule has 0 bridgehead atoms. The molecule has 2 atom stereocenters. The lowest BCUT2D eigenvalue weighted by atomic mass is 10.00. The molecule has 0 aliphatic heterocycles. The third-order valence-corrected chi connectivity index (χ3v) is 4.90. The minimum Gasteiger partial charge on any atom is -0.468 e. The molecule has 0 aromatic heterocycles. The largest absolute Gasteiger partial charge is 0.468 e. The first-order chi connectivity index (χ1) is 15.3. The van der Waals surface area contributed by atoms with Gasteiger partial charge in [0.25, 0.3) is 0 Å². The van der Waals surface area contributed by atoms with Crippen LogP contribution in [0, 0.1) is 6.92 Å². The highest BCUT2D eigenvalue weighted by Crippen LogP contribution is 2.25. The van der Waals surface area contributed by atoms with Gasteiger partial charge in [0.1, 0.15) is 24.2 Å². The van der Waals surface area contributed by atoms with Gasteiger partial charge in [0.05, 0.1) is 7.11 Å². The summed E-state index contributed by atoms with van der Waals surface area (Å²) in [5.41, 5.74) is 0.791. The fraction of sp³-hybridized carbons (Fsp3) is 0.565. The standard InChI is InChI=1S/C23H35N3O6S/c1-14(2)26(21(29)17(13-33)25-22(30)32-23(4,5)6)19(16-10-8-15(3)9-11-16)20(28)24-12-18(27)31-7/h8-11,14,17,19,33H,12-13H2,1-7H3,(H,24,28)(H,25,30). The maximum absolute atomic E-state index is 13.5. The molecule has 2 N–H and O–H groups in total. The Morgan fingerprint density at radius 2 is 1.67 bits per heavy atom. The predicted octanol–water partition coefficient (Wildman–Crippen LogP) is 2.39. The lowest BCUT2D eigenvalue weighted by molar-refractivity contribution is -0.145. The van der Waals surface area contributed by atoms with Crippen molar-refractivity contribution in [2.45, 2.75) is 65.3 Å². The highest BCUT2D eigenvalue weighted by molar-refractivity contribution is 7.80. The smallest absolute Gasteiger partial charge is 0.408 e. The Morgan fingerprint density at radius 1 is 1.09 bits per heavy atom. The molecule has 0 spiro atoms. The van der Waals surface area contributed by atoms with Crippen LogP contribution in [-0.2, 0) is 23.9 Å². The van der Waals surface area contributed by atoms with Crippen molar-refractivity contribution >= 4 is 36.5 Å². The third-order valence-electron chi connectivity index (χ3n) is 4.54. The molecule has 33 heavy (non-hydrogen) atoms. The molecule has 3 amide bonds. The predicted molar refractivity (Wildman–Crippen MR) is 128 cm³/mol. The van der Waals surface area contributed by atoms with Crippen LogP contribution in [0.4, 0.5) is 4.79 Å². The topological polar surface area (TPSA) is 114 Å². The second kappa shape index (κ2) is 12.5. The number of amides is 3. The van der Waals surface area contributed by atoms with E-state index < -0.39 is 47.6 Å². The number of aryl methyl sites for hydroxylation is 1. The van der Waals surface area contributed by atoms with E-state index in [1.807, 2.05) is 19.1 Å². The van der Waals surface area contributed by atoms with Crippen molar-refractivity contribution in [3.8, 4) is 0 Å². The molecule has 0 saturated carbocycles. The van der Waals surface area contributed by atoms with Gasteiger partial charge < -0.3 is 25.0 Å². The van der Waals surface area contributed by atoms with Crippen LogP contribution in [0.25, 0.3) is 0 Å². The summed E-state index contributed by atoms with van der Waals surface area (Å²) in [6.45, 7) is 10.2. The molecule has 184 valence electrons. The minimum absolute atomic E-state index is 0.00824. The highest BCUT2D eigenvalue weighted by atomic mass is 32.1. The van der Waals surface area contributed by atoms with Gasteiger partial charge in [-0.2, -0.15) is 12.6 Å². The number of ether oxygens (including phenoxy) is 2. The minimum atomic E-state index is -1.05. The molecule has 0 heterocycles. The Balaban J connectivity index is 3.31. The number of rotatable bonds is 9. The van der Waals surface area contributed by atoms with Crippen LogP contribution >= 0.6 is 12.6 Å². The van der Waals surface area contributed by atoms with Gasteiger partial charge in [0.2, 0.25) is 11.8 Å². The van der Waals surface area contributed by atoms with Crippen LogP contribution in [-0.4, -0.2) is 65.9 Å². The van der Waals surface area contributed by atoms with Crippen LogP contribution < -0.4 is 10.6 Å². The van der Waals surface area contributed by atoms with Gasteiger partial charge in [-0.1, -0.05) is 29.8 Å². The number of carbonyl (C=O) groups excluding carboxylic acids is 4. The van der Waals surface area contributed by atoms with Gasteiger partial charge in [0.15, 0.2) is 0 Å². The average molecular weight is 482 g/mol. The van der Waals surface area contributed by atoms with Gasteiger partial charge in [-0.3, -0.25) is 14.4 Å². The summed E-state index contributed by atoms with van der Waals surface area (Å²) in [7, 11) is 1.22. The van der Waals surface area contributed by atoms with Crippen molar-refractivity contribution in [1.29, 1.82) is 0 Å². The Morgan fingerprint density at radius 3 is 2.12 bits per heavy atom. The van der Waals surface area contributed by atoms with Crippen LogP contribution in [0.15, 0.2) is 24.3 Å². The number of hydrogen-bond donors (Lipinski definition) is 3. The number of benzene rings is 1. The molecular formula is C23H35N3O6S. The molecule has 0 aliphatic carbocycles. The van der Waals surface area contributed by atoms with Gasteiger partial charge in [-0.15, -0.1) is 0 Å². The van der Waals surface area contributed by atoms with Gasteiger partial charge in [-0.05, 0) is 47.1 Å². The van der Waals surface area contributed by atoms with E-state index in [9.17, 15) is 19.2 Å². The Bertz CT molecular complexity index is 836. The van der Waals surface area contributed by atoms with E-state index in [2.05, 4.69) is 28.0 Å². The van der Waals surface area contributed by atoms with Crippen LogP contribution in [0.5, 0.6) is 0 Å². The van der Waals surface area contributed by atoms with Crippen molar-refractivity contribution in [2.24, 2.45) is 0 Å². The first-order valence-corrected chi connectivity index (χ1v) is 11.3. The molecule has 0 radical (unpaired) electrons. The number of carbonyl (C=O) groups is 4. The number of esters is 1. The number of nitrogens with one attached hydrogen (secondary N) is 2. The summed E-state index contributed by atoms with van der Waals surface area (Å²) in [5.74, 6) is -1.69. The van der Waals surface area contributed by atoms with Gasteiger partial charge >= 0.3 is 12.1 Å². The average Bonchev–Trinajstić information content (AvgIpc) is 2.72. The fourth-order valence-electron chi connectivity index (χ4n) is 3.01. The second-order valence-electron chi connectivity index (χ2n) is 8.83. The SMILES string of the molecule is COC(=O)CNC(=O)C(c1ccc(C)cc1)N(C(=O)C(CS)NC(=O)OC(C)(C)C)C(C)C. The number of nitrogens with zero attached hydrogens (tertiary/aromatic N) is 1. The van der Waals surface area contributed by atoms with Crippen molar-refractivity contribution in [3.63, 3.8) is 0 Å². The first kappa shape index (κ1) is 28.3. The summed E-state index contributed by atoms with van der Waals surface area (Å²) in [6, 6.07) is 4.64. The van der Waals surface area contributed by atoms with Crippen LogP contribution in [0.3, 0.4) is 0 Å². The molecule has 1 aromatic carbocycles. The zero-order valence-corrected chi connectivity index (χ0v) is 21.2. The maximum Gasteiger partial charge on any atom is 0.408 e. The van der Waals surface area contributed by atoms with Gasteiger partial charge in [-0.25, -0.2) is 4.79 Å². The Hall–Kier alpha value is -2.75. The van der Waals surface area contributed by atoms with Crippen molar-refractivity contribution in [3.05, 3.63) is 35.4 Å². The molecule has 1 aromatic rings. The lowest BCUT2D eigenvalue weighted by Gasteiger charge is -2.37. The van der Waals surface area contributed by atoms with Crippen molar-refractivity contribution < 1.29 is 28.7 Å². The number of methoxy groups -OCH3 is 1. The molecular weight excluding hydrogens is 446 g/mol. The monoisotopic (exact) mass is 481 g/mol. The fourth-order valence-corrected chi connectivity index (χ4v) is 3.26. The van der Waals surface area contributed by atoms with E-state index in [1.165, 1.54) is 12.0 Å². The zero-order chi connectivity index (χ0) is 25.3. The van der Waals surface area contributed by atoms with Gasteiger partial charge in [0, 0.05) is 11.8 Å². The molecule has 0 aliphatic rings. The van der Waals surface area contributed by atoms with E-state index in [-0.39, 0.29) is 12.3 Å². The van der Waals surface area contributed by atoms with Crippen molar-refractivity contribution in [1.82, 2.24) is 15.5 Å². The molecule has 10 heteroatoms. The maximum atomic E-state index is 13.5. The molecule has 1 rings (SSSR count). The quantitative estimate of drug-likeness (QED) is 0.369. The highest BCUT2D eigenvalue weighted by Gasteiger charge is 2.37. The normalized spacial score (nSPS) is 13.0. The number of thiol groups is 1. The molecule has 2 unspecified atom stereocenters. The van der Waals surface area contributed by atoms with E-state index in [0.717, 1.165) is 5.56 Å². The summed E-state index contributed by atoms with van der Waals surface area (Å²) in [6.07, 6.45) is -0.763. The molecule has 9 nitrogen and oxygen atoms in total. The van der Waals surface area contributed by atoms with Crippen LogP contribution in [0.1, 0.15) is 51.8 Å². The zero-order valence-electron chi connectivity index (χ0n) is 20.3. The van der Waals surface area contributed by atoms with E-state index in [1.54, 1.807) is 46.8 Å². The second-order valence-corrected chi connectivity index (χ2v) is 9.19. The van der Waals surface area contributed by atoms with E-state index in [4.69, 9.17) is 4.74 Å². The van der Waals surface area contributed by atoms with E-state index >= 15 is 0 Å². The first-order valence-electron chi connectivity index (χ1n) is 10.6. The van der Waals surface area contributed by atoms with Crippen molar-refractivity contribution in [2.75, 3.05) is 19.4 Å². The number of alkyl carbamates (subject to hydrolysis) is 1. The summed E-state index contributed by atoms with van der Waals surface area (Å²) in [5, 5.41) is 5.06. The lowest BCUT2D eigenvalue weighted by Crippen LogP contribution is -2.56. The molecule has 0 saturated heterocycles. The summed E-state index contributed by atoms with van der Waals surface area (Å²) in [4.78, 5) is 51.9. The Labute approximate surface area is 201 Å². The Kier molecular flexibility index (Phi) is 10.7. The summed E-state index contributed by atoms with van der Waals surface area (Å²) < 4.78 is 9.85. The summed E-state index contributed by atoms with van der Waals surface area (Å²) >= 11 is 4.23. The third kappa shape index (κ3) is 8.95. The van der Waals surface area contributed by atoms with Crippen LogP contribution in [0.2, 0.25) is 0 Å².